The topological polar surface area (TPSA) is 74.8 Å². The molecular weight excluding hydrogens is 364 g/mol. The molecule has 0 aromatic heterocycles. The Balaban J connectivity index is 1.85. The highest BCUT2D eigenvalue weighted by Crippen LogP contribution is 2.19. The van der Waals surface area contributed by atoms with Gasteiger partial charge in [-0.25, -0.2) is 0 Å². The number of hydrogen-bond acceptors (Lipinski definition) is 3. The van der Waals surface area contributed by atoms with Gasteiger partial charge in [-0.15, -0.1) is 0 Å². The Morgan fingerprint density at radius 3 is 2.41 bits per heavy atom. The molecule has 1 amide bonds. The van der Waals surface area contributed by atoms with Crippen LogP contribution in [0.3, 0.4) is 0 Å². The van der Waals surface area contributed by atoms with Gasteiger partial charge in [0, 0.05) is 37.8 Å². The van der Waals surface area contributed by atoms with Crippen molar-refractivity contribution in [3.63, 3.8) is 0 Å². The molecule has 6 nitrogen and oxygen atoms in total. The number of nitrogens with one attached hydrogen (secondary N) is 3. The highest BCUT2D eigenvalue weighted by molar-refractivity contribution is 5.94. The predicted molar refractivity (Wildman–Crippen MR) is 118 cm³/mol. The van der Waals surface area contributed by atoms with Crippen LogP contribution in [0.1, 0.15) is 46.8 Å². The SMILES string of the molecule is CCCCNC(=O)c1ccc(CNC(=NC)NCc2ccc(C)cc2OC)cc1. The summed E-state index contributed by atoms with van der Waals surface area (Å²) in [6, 6.07) is 13.8. The zero-order valence-corrected chi connectivity index (χ0v) is 17.8. The Kier molecular flexibility index (Phi) is 9.02. The average Bonchev–Trinajstić information content (AvgIpc) is 2.75. The number of guanidine groups is 1. The van der Waals surface area contributed by atoms with E-state index in [-0.39, 0.29) is 5.91 Å². The summed E-state index contributed by atoms with van der Waals surface area (Å²) in [5.41, 5.74) is 3.99. The van der Waals surface area contributed by atoms with Gasteiger partial charge in [-0.05, 0) is 42.7 Å². The Morgan fingerprint density at radius 1 is 1.03 bits per heavy atom. The Bertz CT molecular complexity index is 816. The first kappa shape index (κ1) is 22.3. The predicted octanol–water partition coefficient (Wildman–Crippen LogP) is 3.40. The summed E-state index contributed by atoms with van der Waals surface area (Å²) in [7, 11) is 3.42. The van der Waals surface area contributed by atoms with Crippen molar-refractivity contribution < 1.29 is 9.53 Å². The molecular formula is C23H32N4O2. The number of nitrogens with zero attached hydrogens (tertiary/aromatic N) is 1. The second-order valence-electron chi connectivity index (χ2n) is 6.90. The van der Waals surface area contributed by atoms with Crippen LogP contribution >= 0.6 is 0 Å². The summed E-state index contributed by atoms with van der Waals surface area (Å²) in [6.07, 6.45) is 2.06. The summed E-state index contributed by atoms with van der Waals surface area (Å²) in [4.78, 5) is 16.3. The summed E-state index contributed by atoms with van der Waals surface area (Å²) in [5, 5.41) is 9.53. The van der Waals surface area contributed by atoms with E-state index >= 15 is 0 Å². The van der Waals surface area contributed by atoms with Crippen molar-refractivity contribution in [1.29, 1.82) is 0 Å². The van der Waals surface area contributed by atoms with Gasteiger partial charge < -0.3 is 20.7 Å². The molecule has 0 spiro atoms. The monoisotopic (exact) mass is 396 g/mol. The fraction of sp³-hybridized carbons (Fsp3) is 0.391. The van der Waals surface area contributed by atoms with Gasteiger partial charge in [0.25, 0.3) is 5.91 Å². The number of carbonyl (C=O) groups excluding carboxylic acids is 1. The van der Waals surface area contributed by atoms with Crippen molar-refractivity contribution in [3.05, 3.63) is 64.7 Å². The van der Waals surface area contributed by atoms with E-state index in [9.17, 15) is 4.79 Å². The molecule has 0 saturated carbocycles. The largest absolute Gasteiger partial charge is 0.496 e. The molecule has 0 aliphatic heterocycles. The zero-order valence-electron chi connectivity index (χ0n) is 17.8. The van der Waals surface area contributed by atoms with Crippen LogP contribution < -0.4 is 20.7 Å². The molecule has 0 radical (unpaired) electrons. The molecule has 2 rings (SSSR count). The van der Waals surface area contributed by atoms with Crippen LogP contribution in [0, 0.1) is 6.92 Å². The number of hydrogen-bond donors (Lipinski definition) is 3. The van der Waals surface area contributed by atoms with E-state index in [4.69, 9.17) is 4.74 Å². The number of ether oxygens (including phenoxy) is 1. The lowest BCUT2D eigenvalue weighted by molar-refractivity contribution is 0.0953. The van der Waals surface area contributed by atoms with Gasteiger partial charge in [0.15, 0.2) is 5.96 Å². The van der Waals surface area contributed by atoms with Crippen molar-refractivity contribution in [2.45, 2.75) is 39.8 Å². The molecule has 2 aromatic rings. The van der Waals surface area contributed by atoms with Crippen LogP contribution in [0.2, 0.25) is 0 Å². The third kappa shape index (κ3) is 7.14. The fourth-order valence-corrected chi connectivity index (χ4v) is 2.84. The summed E-state index contributed by atoms with van der Waals surface area (Å²) in [5.74, 6) is 1.54. The van der Waals surface area contributed by atoms with E-state index in [2.05, 4.69) is 40.0 Å². The van der Waals surface area contributed by atoms with Gasteiger partial charge in [-0.2, -0.15) is 0 Å². The maximum Gasteiger partial charge on any atom is 0.251 e. The van der Waals surface area contributed by atoms with Crippen LogP contribution in [-0.2, 0) is 13.1 Å². The number of aliphatic imine (C=N–C) groups is 1. The van der Waals surface area contributed by atoms with Crippen LogP contribution in [0.15, 0.2) is 47.5 Å². The standard InChI is InChI=1S/C23H32N4O2/c1-5-6-13-25-22(28)19-11-8-18(9-12-19)15-26-23(24-3)27-16-20-10-7-17(2)14-21(20)29-4/h7-12,14H,5-6,13,15-16H2,1-4H3,(H,25,28)(H2,24,26,27). The highest BCUT2D eigenvalue weighted by atomic mass is 16.5. The van der Waals surface area contributed by atoms with E-state index in [1.807, 2.05) is 37.3 Å². The van der Waals surface area contributed by atoms with Gasteiger partial charge in [-0.1, -0.05) is 37.6 Å². The molecule has 0 unspecified atom stereocenters. The molecule has 0 atom stereocenters. The van der Waals surface area contributed by atoms with Gasteiger partial charge in [0.05, 0.1) is 7.11 Å². The molecule has 0 aliphatic rings. The van der Waals surface area contributed by atoms with Gasteiger partial charge >= 0.3 is 0 Å². The van der Waals surface area contributed by atoms with Crippen molar-refractivity contribution in [1.82, 2.24) is 16.0 Å². The lowest BCUT2D eigenvalue weighted by Crippen LogP contribution is -2.36. The minimum Gasteiger partial charge on any atom is -0.496 e. The Morgan fingerprint density at radius 2 is 1.76 bits per heavy atom. The van der Waals surface area contributed by atoms with Crippen molar-refractivity contribution in [3.8, 4) is 5.75 Å². The number of benzene rings is 2. The molecule has 0 fully saturated rings. The first-order valence-electron chi connectivity index (χ1n) is 10.0. The maximum absolute atomic E-state index is 12.1. The van der Waals surface area contributed by atoms with Gasteiger partial charge in [0.1, 0.15) is 5.75 Å². The molecule has 0 aliphatic carbocycles. The zero-order chi connectivity index (χ0) is 21.1. The van der Waals surface area contributed by atoms with E-state index < -0.39 is 0 Å². The molecule has 2 aromatic carbocycles. The Labute approximate surface area is 173 Å². The third-order valence-electron chi connectivity index (χ3n) is 4.60. The summed E-state index contributed by atoms with van der Waals surface area (Å²) < 4.78 is 5.45. The van der Waals surface area contributed by atoms with Crippen LogP contribution in [0.5, 0.6) is 5.75 Å². The molecule has 156 valence electrons. The lowest BCUT2D eigenvalue weighted by Gasteiger charge is -2.14. The van der Waals surface area contributed by atoms with E-state index in [1.54, 1.807) is 14.2 Å². The number of carbonyl (C=O) groups is 1. The first-order valence-corrected chi connectivity index (χ1v) is 10.0. The third-order valence-corrected chi connectivity index (χ3v) is 4.60. The van der Waals surface area contributed by atoms with Crippen molar-refractivity contribution >= 4 is 11.9 Å². The van der Waals surface area contributed by atoms with Crippen LogP contribution in [-0.4, -0.2) is 32.6 Å². The normalized spacial score (nSPS) is 11.1. The molecule has 6 heteroatoms. The molecule has 0 saturated heterocycles. The molecule has 3 N–H and O–H groups in total. The maximum atomic E-state index is 12.1. The molecule has 29 heavy (non-hydrogen) atoms. The number of amides is 1. The highest BCUT2D eigenvalue weighted by Gasteiger charge is 2.06. The van der Waals surface area contributed by atoms with E-state index in [0.717, 1.165) is 35.3 Å². The fourth-order valence-electron chi connectivity index (χ4n) is 2.84. The second-order valence-corrected chi connectivity index (χ2v) is 6.90. The smallest absolute Gasteiger partial charge is 0.251 e. The molecule has 0 heterocycles. The van der Waals surface area contributed by atoms with Crippen molar-refractivity contribution in [2.75, 3.05) is 20.7 Å². The lowest BCUT2D eigenvalue weighted by atomic mass is 10.1. The number of methoxy groups -OCH3 is 1. The van der Waals surface area contributed by atoms with E-state index in [0.29, 0.717) is 31.2 Å². The van der Waals surface area contributed by atoms with Gasteiger partial charge in [-0.3, -0.25) is 9.79 Å². The minimum absolute atomic E-state index is 0.0255. The van der Waals surface area contributed by atoms with Crippen LogP contribution in [0.4, 0.5) is 0 Å². The summed E-state index contributed by atoms with van der Waals surface area (Å²) in [6.45, 7) is 6.09. The molecule has 0 bridgehead atoms. The van der Waals surface area contributed by atoms with Crippen LogP contribution in [0.25, 0.3) is 0 Å². The minimum atomic E-state index is -0.0255. The number of rotatable bonds is 9. The number of aryl methyl sites for hydroxylation is 1. The average molecular weight is 397 g/mol. The number of unbranched alkanes of at least 4 members (excludes halogenated alkanes) is 1. The van der Waals surface area contributed by atoms with E-state index in [1.165, 1.54) is 0 Å². The first-order chi connectivity index (χ1) is 14.1. The Hall–Kier alpha value is -3.02. The second kappa shape index (κ2) is 11.7. The quantitative estimate of drug-likeness (QED) is 0.345. The summed E-state index contributed by atoms with van der Waals surface area (Å²) >= 11 is 0. The van der Waals surface area contributed by atoms with Gasteiger partial charge in [0.2, 0.25) is 0 Å². The van der Waals surface area contributed by atoms with Crippen molar-refractivity contribution in [2.24, 2.45) is 4.99 Å².